The molecule has 0 unspecified atom stereocenters. The van der Waals surface area contributed by atoms with Gasteiger partial charge in [0.15, 0.2) is 0 Å². The first-order valence-corrected chi connectivity index (χ1v) is 6.30. The van der Waals surface area contributed by atoms with Gasteiger partial charge >= 0.3 is 0 Å². The molecule has 88 valence electrons. The van der Waals surface area contributed by atoms with E-state index in [0.717, 1.165) is 0 Å². The third kappa shape index (κ3) is 1.89. The molecule has 0 N–H and O–H groups in total. The fraction of sp³-hybridized carbons (Fsp3) is 0.571. The molecular weight excluding hydrogens is 196 g/mol. The van der Waals surface area contributed by atoms with Gasteiger partial charge in [0.2, 0.25) is 0 Å². The van der Waals surface area contributed by atoms with Gasteiger partial charge in [-0.25, -0.2) is 0 Å². The van der Waals surface area contributed by atoms with Crippen LogP contribution in [0.5, 0.6) is 0 Å². The molecule has 0 radical (unpaired) electrons. The molecule has 0 spiro atoms. The van der Waals surface area contributed by atoms with Crippen molar-refractivity contribution in [1.82, 2.24) is 0 Å². The SMILES string of the molecule is CCCCCC1N(C)c2ccccc2N1C. The molecule has 0 saturated carbocycles. The van der Waals surface area contributed by atoms with Crippen LogP contribution in [0.1, 0.15) is 32.6 Å². The summed E-state index contributed by atoms with van der Waals surface area (Å²) in [5.41, 5.74) is 2.73. The molecule has 1 aliphatic rings. The number of fused-ring (bicyclic) bond motifs is 1. The van der Waals surface area contributed by atoms with Crippen LogP contribution < -0.4 is 9.80 Å². The van der Waals surface area contributed by atoms with E-state index >= 15 is 0 Å². The van der Waals surface area contributed by atoms with E-state index in [1.54, 1.807) is 0 Å². The quantitative estimate of drug-likeness (QED) is 0.714. The van der Waals surface area contributed by atoms with Crippen molar-refractivity contribution in [3.63, 3.8) is 0 Å². The van der Waals surface area contributed by atoms with Gasteiger partial charge in [-0.05, 0) is 25.0 Å². The van der Waals surface area contributed by atoms with Gasteiger partial charge in [-0.15, -0.1) is 0 Å². The second kappa shape index (κ2) is 4.77. The lowest BCUT2D eigenvalue weighted by Gasteiger charge is -2.27. The van der Waals surface area contributed by atoms with Crippen molar-refractivity contribution in [1.29, 1.82) is 0 Å². The number of para-hydroxylation sites is 2. The Labute approximate surface area is 98.9 Å². The van der Waals surface area contributed by atoms with Crippen LogP contribution in [-0.4, -0.2) is 20.3 Å². The van der Waals surface area contributed by atoms with E-state index in [0.29, 0.717) is 6.17 Å². The van der Waals surface area contributed by atoms with Crippen LogP contribution in [0.2, 0.25) is 0 Å². The minimum atomic E-state index is 0.545. The summed E-state index contributed by atoms with van der Waals surface area (Å²) >= 11 is 0. The zero-order valence-corrected chi connectivity index (χ0v) is 10.6. The molecule has 1 aromatic rings. The Morgan fingerprint density at radius 1 is 1.00 bits per heavy atom. The summed E-state index contributed by atoms with van der Waals surface area (Å²) in [6, 6.07) is 8.67. The van der Waals surface area contributed by atoms with Gasteiger partial charge in [-0.3, -0.25) is 0 Å². The molecule has 0 bridgehead atoms. The third-order valence-corrected chi connectivity index (χ3v) is 3.60. The smallest absolute Gasteiger partial charge is 0.101 e. The summed E-state index contributed by atoms with van der Waals surface area (Å²) in [5, 5.41) is 0. The topological polar surface area (TPSA) is 6.48 Å². The largest absolute Gasteiger partial charge is 0.353 e. The number of hydrogen-bond acceptors (Lipinski definition) is 2. The highest BCUT2D eigenvalue weighted by Gasteiger charge is 2.29. The Morgan fingerprint density at radius 3 is 2.06 bits per heavy atom. The number of nitrogens with zero attached hydrogens (tertiary/aromatic N) is 2. The Morgan fingerprint density at radius 2 is 1.56 bits per heavy atom. The van der Waals surface area contributed by atoms with Gasteiger partial charge in [0.1, 0.15) is 6.17 Å². The first-order chi connectivity index (χ1) is 7.75. The van der Waals surface area contributed by atoms with E-state index < -0.39 is 0 Å². The third-order valence-electron chi connectivity index (χ3n) is 3.60. The number of anilines is 2. The molecule has 2 heteroatoms. The summed E-state index contributed by atoms with van der Waals surface area (Å²) in [6.45, 7) is 2.26. The average Bonchev–Trinajstić information content (AvgIpc) is 2.55. The van der Waals surface area contributed by atoms with Crippen LogP contribution in [0.15, 0.2) is 24.3 Å². The van der Waals surface area contributed by atoms with Gasteiger partial charge in [-0.2, -0.15) is 0 Å². The van der Waals surface area contributed by atoms with Crippen molar-refractivity contribution in [3.05, 3.63) is 24.3 Å². The molecule has 1 aromatic carbocycles. The van der Waals surface area contributed by atoms with Crippen LogP contribution in [0.4, 0.5) is 11.4 Å². The number of benzene rings is 1. The Bertz CT molecular complexity index is 319. The molecule has 2 nitrogen and oxygen atoms in total. The molecule has 0 amide bonds. The van der Waals surface area contributed by atoms with Gasteiger partial charge in [0, 0.05) is 14.1 Å². The van der Waals surface area contributed by atoms with Gasteiger partial charge in [0.05, 0.1) is 11.4 Å². The molecule has 1 aliphatic heterocycles. The van der Waals surface area contributed by atoms with E-state index in [4.69, 9.17) is 0 Å². The number of unbranched alkanes of at least 4 members (excludes halogenated alkanes) is 2. The highest BCUT2D eigenvalue weighted by Crippen LogP contribution is 2.38. The van der Waals surface area contributed by atoms with E-state index in [-0.39, 0.29) is 0 Å². The fourth-order valence-electron chi connectivity index (χ4n) is 2.61. The van der Waals surface area contributed by atoms with Crippen molar-refractivity contribution in [2.45, 2.75) is 38.8 Å². The molecule has 1 heterocycles. The lowest BCUT2D eigenvalue weighted by Crippen LogP contribution is -2.38. The van der Waals surface area contributed by atoms with Crippen LogP contribution >= 0.6 is 0 Å². The maximum atomic E-state index is 2.41. The van der Waals surface area contributed by atoms with E-state index in [1.807, 2.05) is 0 Å². The Balaban J connectivity index is 2.09. The second-order valence-electron chi connectivity index (χ2n) is 4.69. The first kappa shape index (κ1) is 11.3. The van der Waals surface area contributed by atoms with E-state index in [2.05, 4.69) is 55.1 Å². The minimum absolute atomic E-state index is 0.545. The summed E-state index contributed by atoms with van der Waals surface area (Å²) in [4.78, 5) is 4.82. The zero-order valence-electron chi connectivity index (χ0n) is 10.6. The van der Waals surface area contributed by atoms with Crippen LogP contribution in [-0.2, 0) is 0 Å². The number of hydrogen-bond donors (Lipinski definition) is 0. The highest BCUT2D eigenvalue weighted by molar-refractivity contribution is 5.76. The summed E-state index contributed by atoms with van der Waals surface area (Å²) in [5.74, 6) is 0. The normalized spacial score (nSPS) is 15.7. The fourth-order valence-corrected chi connectivity index (χ4v) is 2.61. The van der Waals surface area contributed by atoms with E-state index in [1.165, 1.54) is 37.1 Å². The van der Waals surface area contributed by atoms with Crippen molar-refractivity contribution in [2.75, 3.05) is 23.9 Å². The zero-order chi connectivity index (χ0) is 11.5. The predicted molar refractivity (Wildman–Crippen MR) is 71.2 cm³/mol. The molecule has 0 saturated heterocycles. The highest BCUT2D eigenvalue weighted by atomic mass is 15.4. The van der Waals surface area contributed by atoms with Gasteiger partial charge in [-0.1, -0.05) is 31.9 Å². The monoisotopic (exact) mass is 218 g/mol. The first-order valence-electron chi connectivity index (χ1n) is 6.30. The van der Waals surface area contributed by atoms with Crippen LogP contribution in [0.3, 0.4) is 0 Å². The molecule has 0 aromatic heterocycles. The van der Waals surface area contributed by atoms with Crippen molar-refractivity contribution in [3.8, 4) is 0 Å². The standard InChI is InChI=1S/C14H22N2/c1-4-5-6-11-14-15(2)12-9-7-8-10-13(12)16(14)3/h7-10,14H,4-6,11H2,1-3H3. The Hall–Kier alpha value is -1.18. The predicted octanol–water partition coefficient (Wildman–Crippen LogP) is 3.48. The van der Waals surface area contributed by atoms with Gasteiger partial charge in [0.25, 0.3) is 0 Å². The van der Waals surface area contributed by atoms with E-state index in [9.17, 15) is 0 Å². The second-order valence-corrected chi connectivity index (χ2v) is 4.69. The lowest BCUT2D eigenvalue weighted by molar-refractivity contribution is 0.549. The number of rotatable bonds is 4. The molecule has 2 rings (SSSR count). The summed E-state index contributed by atoms with van der Waals surface area (Å²) in [7, 11) is 4.41. The van der Waals surface area contributed by atoms with Crippen molar-refractivity contribution in [2.24, 2.45) is 0 Å². The molecule has 16 heavy (non-hydrogen) atoms. The molecule has 0 aliphatic carbocycles. The van der Waals surface area contributed by atoms with Crippen molar-refractivity contribution < 1.29 is 0 Å². The van der Waals surface area contributed by atoms with Gasteiger partial charge < -0.3 is 9.80 Å². The maximum Gasteiger partial charge on any atom is 0.101 e. The summed E-state index contributed by atoms with van der Waals surface area (Å²) < 4.78 is 0. The minimum Gasteiger partial charge on any atom is -0.353 e. The van der Waals surface area contributed by atoms with Crippen LogP contribution in [0, 0.1) is 0 Å². The molecule has 0 fully saturated rings. The maximum absolute atomic E-state index is 2.41. The molecule has 0 atom stereocenters. The summed E-state index contributed by atoms with van der Waals surface area (Å²) in [6.07, 6.45) is 5.77. The van der Waals surface area contributed by atoms with Crippen molar-refractivity contribution >= 4 is 11.4 Å². The van der Waals surface area contributed by atoms with Crippen LogP contribution in [0.25, 0.3) is 0 Å². The molecular formula is C14H22N2. The Kier molecular flexibility index (Phi) is 3.37. The average molecular weight is 218 g/mol. The lowest BCUT2D eigenvalue weighted by atomic mass is 10.1.